The van der Waals surface area contributed by atoms with E-state index in [0.29, 0.717) is 40.7 Å². The van der Waals surface area contributed by atoms with E-state index in [2.05, 4.69) is 10.1 Å². The maximum atomic E-state index is 13.4. The fraction of sp³-hybridized carbons (Fsp3) is 0.310. The number of ketones is 1. The first-order valence-electron chi connectivity index (χ1n) is 12.3. The highest BCUT2D eigenvalue weighted by molar-refractivity contribution is 6.09. The number of likely N-dealkylation sites (tertiary alicyclic amines) is 1. The number of carbonyl (C=O) groups is 1. The van der Waals surface area contributed by atoms with Crippen molar-refractivity contribution in [1.29, 1.82) is 0 Å². The number of aromatic nitrogens is 1. The molecule has 1 saturated heterocycles. The smallest absolute Gasteiger partial charge is 0.193 e. The Morgan fingerprint density at radius 1 is 1.03 bits per heavy atom. The van der Waals surface area contributed by atoms with Gasteiger partial charge < -0.3 is 18.9 Å². The lowest BCUT2D eigenvalue weighted by molar-refractivity contribution is 0.103. The summed E-state index contributed by atoms with van der Waals surface area (Å²) in [6.45, 7) is 3.36. The summed E-state index contributed by atoms with van der Waals surface area (Å²) in [5.41, 5.74) is 1.79. The van der Waals surface area contributed by atoms with E-state index in [4.69, 9.17) is 14.0 Å². The van der Waals surface area contributed by atoms with E-state index in [-0.39, 0.29) is 11.6 Å². The van der Waals surface area contributed by atoms with Gasteiger partial charge in [-0.1, -0.05) is 35.5 Å². The van der Waals surface area contributed by atoms with Crippen molar-refractivity contribution in [3.63, 3.8) is 0 Å². The maximum Gasteiger partial charge on any atom is 0.193 e. The van der Waals surface area contributed by atoms with Crippen LogP contribution in [0.25, 0.3) is 10.9 Å². The van der Waals surface area contributed by atoms with Crippen molar-refractivity contribution in [2.45, 2.75) is 25.2 Å². The molecule has 0 atom stereocenters. The highest BCUT2D eigenvalue weighted by Crippen LogP contribution is 2.33. The molecule has 0 N–H and O–H groups in total. The Balaban J connectivity index is 1.12. The fourth-order valence-corrected chi connectivity index (χ4v) is 4.81. The molecule has 5 rings (SSSR count). The molecular weight excluding hydrogens is 459 g/mol. The van der Waals surface area contributed by atoms with Crippen LogP contribution < -0.4 is 9.47 Å². The van der Waals surface area contributed by atoms with E-state index < -0.39 is 0 Å². The Morgan fingerprint density at radius 3 is 2.61 bits per heavy atom. The van der Waals surface area contributed by atoms with Gasteiger partial charge >= 0.3 is 0 Å². The number of nitrogens with zero attached hydrogens (tertiary/aromatic N) is 2. The molecule has 6 nitrogen and oxygen atoms in total. The van der Waals surface area contributed by atoms with Gasteiger partial charge in [-0.05, 0) is 62.7 Å². The van der Waals surface area contributed by atoms with E-state index in [1.165, 1.54) is 12.1 Å². The molecule has 0 radical (unpaired) electrons. The van der Waals surface area contributed by atoms with Gasteiger partial charge in [0, 0.05) is 35.0 Å². The summed E-state index contributed by atoms with van der Waals surface area (Å²) in [7, 11) is 1.60. The topological polar surface area (TPSA) is 64.8 Å². The van der Waals surface area contributed by atoms with Crippen molar-refractivity contribution in [2.24, 2.45) is 0 Å². The number of halogens is 1. The maximum absolute atomic E-state index is 13.4. The van der Waals surface area contributed by atoms with Crippen LogP contribution in [0.15, 0.2) is 71.3 Å². The number of methoxy groups -OCH3 is 1. The molecule has 36 heavy (non-hydrogen) atoms. The van der Waals surface area contributed by atoms with Crippen LogP contribution in [0.3, 0.4) is 0 Å². The molecule has 4 aromatic rings. The molecule has 0 spiro atoms. The second-order valence-electron chi connectivity index (χ2n) is 9.09. The van der Waals surface area contributed by atoms with E-state index in [1.807, 2.05) is 18.2 Å². The van der Waals surface area contributed by atoms with Crippen LogP contribution in [0.2, 0.25) is 0 Å². The molecule has 1 aliphatic heterocycles. The molecule has 0 saturated carbocycles. The van der Waals surface area contributed by atoms with Gasteiger partial charge in [-0.25, -0.2) is 4.39 Å². The van der Waals surface area contributed by atoms with Gasteiger partial charge in [0.1, 0.15) is 17.1 Å². The van der Waals surface area contributed by atoms with Crippen molar-refractivity contribution in [3.05, 3.63) is 89.4 Å². The highest BCUT2D eigenvalue weighted by atomic mass is 19.1. The third kappa shape index (κ3) is 5.26. The standard InChI is InChI=1S/C29H29FN2O4/c1-34-26-11-8-22(28(33)20-6-3-2-4-7-20)18-27(26)35-17-5-14-32-15-12-21(13-16-32)29-24-10-9-23(30)19-25(24)31-36-29/h2-4,6-11,18-19,21H,5,12-17H2,1H3. The third-order valence-corrected chi connectivity index (χ3v) is 6.76. The Labute approximate surface area is 209 Å². The molecule has 0 unspecified atom stereocenters. The number of fused-ring (bicyclic) bond motifs is 1. The molecule has 1 aromatic heterocycles. The zero-order valence-electron chi connectivity index (χ0n) is 20.3. The van der Waals surface area contributed by atoms with Crippen LogP contribution in [-0.2, 0) is 0 Å². The van der Waals surface area contributed by atoms with E-state index in [1.54, 1.807) is 43.5 Å². The van der Waals surface area contributed by atoms with Crippen LogP contribution in [0.5, 0.6) is 11.5 Å². The number of carbonyl (C=O) groups excluding carboxylic acids is 1. The normalized spacial score (nSPS) is 14.7. The summed E-state index contributed by atoms with van der Waals surface area (Å²) in [5.74, 6) is 2.00. The second kappa shape index (κ2) is 10.9. The first kappa shape index (κ1) is 24.0. The van der Waals surface area contributed by atoms with Gasteiger partial charge in [0.2, 0.25) is 0 Å². The molecule has 1 fully saturated rings. The molecule has 0 aliphatic carbocycles. The molecule has 0 bridgehead atoms. The van der Waals surface area contributed by atoms with E-state index in [9.17, 15) is 9.18 Å². The number of rotatable bonds is 9. The molecular formula is C29H29FN2O4. The van der Waals surface area contributed by atoms with Crippen LogP contribution in [0.4, 0.5) is 4.39 Å². The SMILES string of the molecule is COc1ccc(C(=O)c2ccccc2)cc1OCCCN1CCC(c2onc3cc(F)ccc23)CC1. The van der Waals surface area contributed by atoms with E-state index in [0.717, 1.165) is 50.0 Å². The lowest BCUT2D eigenvalue weighted by atomic mass is 9.92. The lowest BCUT2D eigenvalue weighted by Crippen LogP contribution is -2.34. The summed E-state index contributed by atoms with van der Waals surface area (Å²) < 4.78 is 30.5. The predicted octanol–water partition coefficient (Wildman–Crippen LogP) is 5.86. The number of benzene rings is 3. The Hall–Kier alpha value is -3.71. The monoisotopic (exact) mass is 488 g/mol. The van der Waals surface area contributed by atoms with Gasteiger partial charge in [-0.3, -0.25) is 4.79 Å². The minimum absolute atomic E-state index is 0.0457. The first-order chi connectivity index (χ1) is 17.6. The van der Waals surface area contributed by atoms with Gasteiger partial charge in [-0.2, -0.15) is 0 Å². The van der Waals surface area contributed by atoms with Crippen molar-refractivity contribution >= 4 is 16.7 Å². The molecule has 3 aromatic carbocycles. The van der Waals surface area contributed by atoms with Crippen LogP contribution in [0, 0.1) is 5.82 Å². The van der Waals surface area contributed by atoms with Crippen molar-refractivity contribution in [2.75, 3.05) is 33.4 Å². The first-order valence-corrected chi connectivity index (χ1v) is 12.3. The Kier molecular flexibility index (Phi) is 7.28. The molecule has 7 heteroatoms. The quantitative estimate of drug-likeness (QED) is 0.217. The van der Waals surface area contributed by atoms with Gasteiger partial charge in [0.25, 0.3) is 0 Å². The summed E-state index contributed by atoms with van der Waals surface area (Å²) in [4.78, 5) is 15.2. The van der Waals surface area contributed by atoms with Gasteiger partial charge in [0.15, 0.2) is 17.3 Å². The molecule has 2 heterocycles. The summed E-state index contributed by atoms with van der Waals surface area (Å²) >= 11 is 0. The zero-order chi connectivity index (χ0) is 24.9. The third-order valence-electron chi connectivity index (χ3n) is 6.76. The predicted molar refractivity (Wildman–Crippen MR) is 135 cm³/mol. The van der Waals surface area contributed by atoms with Gasteiger partial charge in [-0.15, -0.1) is 0 Å². The van der Waals surface area contributed by atoms with Crippen molar-refractivity contribution < 1.29 is 23.2 Å². The number of hydrogen-bond donors (Lipinski definition) is 0. The molecule has 186 valence electrons. The lowest BCUT2D eigenvalue weighted by Gasteiger charge is -2.30. The summed E-state index contributed by atoms with van der Waals surface area (Å²) in [6, 6.07) is 19.1. The Bertz CT molecular complexity index is 1330. The van der Waals surface area contributed by atoms with Crippen molar-refractivity contribution in [1.82, 2.24) is 10.1 Å². The molecule has 1 aliphatic rings. The fourth-order valence-electron chi connectivity index (χ4n) is 4.81. The zero-order valence-corrected chi connectivity index (χ0v) is 20.3. The number of ether oxygens (including phenoxy) is 2. The van der Waals surface area contributed by atoms with E-state index >= 15 is 0 Å². The Morgan fingerprint density at radius 2 is 1.83 bits per heavy atom. The average Bonchev–Trinajstić information content (AvgIpc) is 3.34. The minimum Gasteiger partial charge on any atom is -0.493 e. The largest absolute Gasteiger partial charge is 0.493 e. The summed E-state index contributed by atoms with van der Waals surface area (Å²) in [5, 5.41) is 4.94. The van der Waals surface area contributed by atoms with Crippen LogP contribution in [-0.4, -0.2) is 49.2 Å². The molecule has 0 amide bonds. The summed E-state index contributed by atoms with van der Waals surface area (Å²) in [6.07, 6.45) is 2.80. The average molecular weight is 489 g/mol. The number of hydrogen-bond acceptors (Lipinski definition) is 6. The van der Waals surface area contributed by atoms with Gasteiger partial charge in [0.05, 0.1) is 13.7 Å². The van der Waals surface area contributed by atoms with Crippen LogP contribution in [0.1, 0.15) is 46.9 Å². The minimum atomic E-state index is -0.300. The highest BCUT2D eigenvalue weighted by Gasteiger charge is 2.25. The van der Waals surface area contributed by atoms with Crippen molar-refractivity contribution in [3.8, 4) is 11.5 Å². The number of piperidine rings is 1. The van der Waals surface area contributed by atoms with Crippen LogP contribution >= 0.6 is 0 Å². The second-order valence-corrected chi connectivity index (χ2v) is 9.09.